The molecule has 2 rings (SSSR count). The summed E-state index contributed by atoms with van der Waals surface area (Å²) in [5, 5.41) is 3.69. The first-order valence-corrected chi connectivity index (χ1v) is 6.18. The molecule has 6 heteroatoms. The number of nitrogens with zero attached hydrogens (tertiary/aromatic N) is 1. The van der Waals surface area contributed by atoms with E-state index in [1.165, 1.54) is 6.21 Å². The van der Waals surface area contributed by atoms with Crippen molar-refractivity contribution in [2.75, 3.05) is 7.11 Å². The normalized spacial score (nSPS) is 10.3. The number of nitrogens with two attached hydrogens (primary N) is 1. The average Bonchev–Trinajstić information content (AvgIpc) is 2.48. The Hall–Kier alpha value is -3.02. The predicted octanol–water partition coefficient (Wildman–Crippen LogP) is 2.49. The second-order valence-electron chi connectivity index (χ2n) is 4.08. The molecule has 3 N–H and O–H groups in total. The van der Waals surface area contributed by atoms with Crippen molar-refractivity contribution in [2.24, 2.45) is 10.8 Å². The second-order valence-corrected chi connectivity index (χ2v) is 4.08. The van der Waals surface area contributed by atoms with E-state index in [0.29, 0.717) is 11.5 Å². The molecule has 0 bridgehead atoms. The van der Waals surface area contributed by atoms with E-state index < -0.39 is 6.03 Å². The summed E-state index contributed by atoms with van der Waals surface area (Å²) in [6.45, 7) is 0. The van der Waals surface area contributed by atoms with Crippen molar-refractivity contribution in [1.82, 2.24) is 5.43 Å². The Labute approximate surface area is 122 Å². The van der Waals surface area contributed by atoms with Gasteiger partial charge in [-0.1, -0.05) is 12.1 Å². The molecule has 21 heavy (non-hydrogen) atoms. The van der Waals surface area contributed by atoms with Crippen molar-refractivity contribution in [3.05, 3.63) is 54.1 Å². The van der Waals surface area contributed by atoms with Crippen LogP contribution in [0.15, 0.2) is 53.6 Å². The highest BCUT2D eigenvalue weighted by Crippen LogP contribution is 2.24. The van der Waals surface area contributed by atoms with E-state index in [4.69, 9.17) is 15.2 Å². The molecule has 0 saturated carbocycles. The summed E-state index contributed by atoms with van der Waals surface area (Å²) in [4.78, 5) is 10.5. The maximum Gasteiger partial charge on any atom is 0.332 e. The fraction of sp³-hybridized carbons (Fsp3) is 0.0667. The number of amides is 2. The van der Waals surface area contributed by atoms with E-state index in [1.54, 1.807) is 13.2 Å². The summed E-state index contributed by atoms with van der Waals surface area (Å²) in [6, 6.07) is 13.8. The average molecular weight is 285 g/mol. The molecule has 0 aromatic heterocycles. The zero-order chi connectivity index (χ0) is 15.1. The summed E-state index contributed by atoms with van der Waals surface area (Å²) in [6.07, 6.45) is 1.48. The van der Waals surface area contributed by atoms with Crippen LogP contribution < -0.4 is 20.6 Å². The van der Waals surface area contributed by atoms with E-state index in [-0.39, 0.29) is 0 Å². The number of primary amides is 1. The number of hydrazone groups is 1. The van der Waals surface area contributed by atoms with Crippen LogP contribution in [0, 0.1) is 0 Å². The summed E-state index contributed by atoms with van der Waals surface area (Å²) in [7, 11) is 1.61. The Kier molecular flexibility index (Phi) is 4.76. The number of nitrogens with one attached hydrogen (secondary N) is 1. The first kappa shape index (κ1) is 14.4. The first-order valence-electron chi connectivity index (χ1n) is 6.18. The molecule has 0 heterocycles. The third-order valence-electron chi connectivity index (χ3n) is 2.54. The molecule has 0 aliphatic carbocycles. The van der Waals surface area contributed by atoms with Crippen molar-refractivity contribution in [3.63, 3.8) is 0 Å². The van der Waals surface area contributed by atoms with E-state index in [9.17, 15) is 4.79 Å². The second kappa shape index (κ2) is 6.95. The smallest absolute Gasteiger partial charge is 0.332 e. The van der Waals surface area contributed by atoms with Crippen molar-refractivity contribution in [3.8, 4) is 17.2 Å². The molecule has 6 nitrogen and oxygen atoms in total. The van der Waals surface area contributed by atoms with Gasteiger partial charge in [0.1, 0.15) is 17.2 Å². The monoisotopic (exact) mass is 285 g/mol. The van der Waals surface area contributed by atoms with Gasteiger partial charge < -0.3 is 15.2 Å². The molecule has 2 aromatic carbocycles. The molecule has 0 aliphatic heterocycles. The van der Waals surface area contributed by atoms with Gasteiger partial charge in [0, 0.05) is 0 Å². The lowest BCUT2D eigenvalue weighted by atomic mass is 10.2. The Balaban J connectivity index is 2.06. The molecule has 0 aliphatic rings. The SMILES string of the molecule is COc1ccc(Oc2cccc(C=NNC(N)=O)c2)cc1. The zero-order valence-electron chi connectivity index (χ0n) is 11.4. The zero-order valence-corrected chi connectivity index (χ0v) is 11.4. The van der Waals surface area contributed by atoms with Crippen molar-refractivity contribution < 1.29 is 14.3 Å². The Morgan fingerprint density at radius 1 is 1.14 bits per heavy atom. The highest BCUT2D eigenvalue weighted by molar-refractivity contribution is 5.81. The topological polar surface area (TPSA) is 85.9 Å². The minimum absolute atomic E-state index is 0.656. The number of benzene rings is 2. The molecule has 2 amide bonds. The molecule has 108 valence electrons. The summed E-state index contributed by atoms with van der Waals surface area (Å²) in [5.74, 6) is 2.11. The molecule has 0 atom stereocenters. The molecule has 0 saturated heterocycles. The van der Waals surface area contributed by atoms with Gasteiger partial charge in [-0.3, -0.25) is 0 Å². The number of hydrogen-bond acceptors (Lipinski definition) is 4. The molecule has 0 radical (unpaired) electrons. The minimum Gasteiger partial charge on any atom is -0.497 e. The van der Waals surface area contributed by atoms with Gasteiger partial charge in [0.25, 0.3) is 0 Å². The van der Waals surface area contributed by atoms with Crippen molar-refractivity contribution in [2.45, 2.75) is 0 Å². The molecular weight excluding hydrogens is 270 g/mol. The maximum absolute atomic E-state index is 10.5. The quantitative estimate of drug-likeness (QED) is 0.653. The minimum atomic E-state index is -0.711. The largest absolute Gasteiger partial charge is 0.497 e. The van der Waals surface area contributed by atoms with Gasteiger partial charge in [-0.25, -0.2) is 10.2 Å². The van der Waals surface area contributed by atoms with Crippen LogP contribution >= 0.6 is 0 Å². The number of hydrogen-bond donors (Lipinski definition) is 2. The highest BCUT2D eigenvalue weighted by Gasteiger charge is 1.99. The van der Waals surface area contributed by atoms with E-state index >= 15 is 0 Å². The lowest BCUT2D eigenvalue weighted by Crippen LogP contribution is -2.24. The lowest BCUT2D eigenvalue weighted by Gasteiger charge is -2.07. The van der Waals surface area contributed by atoms with Gasteiger partial charge in [0.15, 0.2) is 0 Å². The van der Waals surface area contributed by atoms with Crippen LogP contribution in [-0.4, -0.2) is 19.4 Å². The predicted molar refractivity (Wildman–Crippen MR) is 79.8 cm³/mol. The van der Waals surface area contributed by atoms with Crippen molar-refractivity contribution >= 4 is 12.2 Å². The van der Waals surface area contributed by atoms with Gasteiger partial charge in [-0.05, 0) is 42.0 Å². The van der Waals surface area contributed by atoms with Gasteiger partial charge in [-0.2, -0.15) is 5.10 Å². The van der Waals surface area contributed by atoms with E-state index in [2.05, 4.69) is 10.5 Å². The molecular formula is C15H15N3O3. The molecule has 2 aromatic rings. The number of carbonyl (C=O) groups excluding carboxylic acids is 1. The number of urea groups is 1. The fourth-order valence-electron chi connectivity index (χ4n) is 1.61. The van der Waals surface area contributed by atoms with Crippen LogP contribution in [0.4, 0.5) is 4.79 Å². The third kappa shape index (κ3) is 4.54. The fourth-order valence-corrected chi connectivity index (χ4v) is 1.61. The number of carbonyl (C=O) groups is 1. The molecule has 0 unspecified atom stereocenters. The van der Waals surface area contributed by atoms with Gasteiger partial charge in [0.05, 0.1) is 13.3 Å². The van der Waals surface area contributed by atoms with E-state index in [0.717, 1.165) is 11.3 Å². The third-order valence-corrected chi connectivity index (χ3v) is 2.54. The molecule has 0 spiro atoms. The van der Waals surface area contributed by atoms with Crippen molar-refractivity contribution in [1.29, 1.82) is 0 Å². The van der Waals surface area contributed by atoms with Gasteiger partial charge in [-0.15, -0.1) is 0 Å². The number of rotatable bonds is 5. The van der Waals surface area contributed by atoms with Gasteiger partial charge >= 0.3 is 6.03 Å². The van der Waals surface area contributed by atoms with E-state index in [1.807, 2.05) is 42.5 Å². The maximum atomic E-state index is 10.5. The Morgan fingerprint density at radius 3 is 2.52 bits per heavy atom. The summed E-state index contributed by atoms with van der Waals surface area (Å²) in [5.41, 5.74) is 7.82. The van der Waals surface area contributed by atoms with Crippen LogP contribution in [0.5, 0.6) is 17.2 Å². The lowest BCUT2D eigenvalue weighted by molar-refractivity contribution is 0.249. The van der Waals surface area contributed by atoms with Crippen LogP contribution in [0.25, 0.3) is 0 Å². The van der Waals surface area contributed by atoms with Crippen LogP contribution in [0.3, 0.4) is 0 Å². The van der Waals surface area contributed by atoms with Crippen LogP contribution in [0.1, 0.15) is 5.56 Å². The van der Waals surface area contributed by atoms with Crippen LogP contribution in [-0.2, 0) is 0 Å². The highest BCUT2D eigenvalue weighted by atomic mass is 16.5. The van der Waals surface area contributed by atoms with Crippen LogP contribution in [0.2, 0.25) is 0 Å². The standard InChI is InChI=1S/C15H15N3O3/c1-20-12-5-7-13(8-6-12)21-14-4-2-3-11(9-14)10-17-18-15(16)19/h2-10H,1H3,(H3,16,18,19). The first-order chi connectivity index (χ1) is 10.2. The Morgan fingerprint density at radius 2 is 1.86 bits per heavy atom. The molecule has 0 fully saturated rings. The summed E-state index contributed by atoms with van der Waals surface area (Å²) < 4.78 is 10.8. The summed E-state index contributed by atoms with van der Waals surface area (Å²) >= 11 is 0. The van der Waals surface area contributed by atoms with Gasteiger partial charge in [0.2, 0.25) is 0 Å². The number of methoxy groups -OCH3 is 1. The number of ether oxygens (including phenoxy) is 2. The Bertz CT molecular complexity index is 639.